The van der Waals surface area contributed by atoms with Gasteiger partial charge in [0.05, 0.1) is 22.2 Å². The fraction of sp³-hybridized carbons (Fsp3) is 0.263. The molecule has 0 aliphatic rings. The number of anilines is 2. The number of hydrogen-bond acceptors (Lipinski definition) is 5. The second kappa shape index (κ2) is 7.40. The third-order valence-corrected chi connectivity index (χ3v) is 6.52. The standard InChI is InChI=1S/C19H21N3O4S2/c1-12-5-6-13(2)16(9-12)22(28(4,25)26)11-18(23)20-14-7-8-15-17(10-14)27-19(24)21(15)3/h5-10H,11H2,1-4H3,(H,20,23). The van der Waals surface area contributed by atoms with E-state index in [0.29, 0.717) is 11.4 Å². The largest absolute Gasteiger partial charge is 0.324 e. The lowest BCUT2D eigenvalue weighted by Gasteiger charge is -2.24. The van der Waals surface area contributed by atoms with Crippen molar-refractivity contribution in [1.82, 2.24) is 4.57 Å². The Morgan fingerprint density at radius 1 is 1.18 bits per heavy atom. The molecule has 1 aromatic heterocycles. The van der Waals surface area contributed by atoms with Crippen molar-refractivity contribution < 1.29 is 13.2 Å². The topological polar surface area (TPSA) is 88.5 Å². The van der Waals surface area contributed by atoms with Crippen LogP contribution in [-0.2, 0) is 21.9 Å². The summed E-state index contributed by atoms with van der Waals surface area (Å²) in [6.45, 7) is 3.33. The van der Waals surface area contributed by atoms with Gasteiger partial charge in [0.15, 0.2) is 0 Å². The average Bonchev–Trinajstić information content (AvgIpc) is 2.88. The smallest absolute Gasteiger partial charge is 0.307 e. The van der Waals surface area contributed by atoms with Crippen molar-refractivity contribution >= 4 is 48.9 Å². The van der Waals surface area contributed by atoms with Gasteiger partial charge in [0.1, 0.15) is 6.54 Å². The zero-order chi connectivity index (χ0) is 20.6. The molecule has 1 amide bonds. The number of nitrogens with one attached hydrogen (secondary N) is 1. The summed E-state index contributed by atoms with van der Waals surface area (Å²) in [5.74, 6) is -0.464. The Morgan fingerprint density at radius 3 is 2.57 bits per heavy atom. The van der Waals surface area contributed by atoms with Gasteiger partial charge >= 0.3 is 4.87 Å². The van der Waals surface area contributed by atoms with Crippen LogP contribution in [0.4, 0.5) is 11.4 Å². The van der Waals surface area contributed by atoms with Gasteiger partial charge in [0, 0.05) is 12.7 Å². The van der Waals surface area contributed by atoms with Gasteiger partial charge in [0.2, 0.25) is 15.9 Å². The SMILES string of the molecule is Cc1ccc(C)c(N(CC(=O)Nc2ccc3c(c2)sc(=O)n3C)S(C)(=O)=O)c1. The summed E-state index contributed by atoms with van der Waals surface area (Å²) in [6.07, 6.45) is 1.08. The molecule has 0 aliphatic carbocycles. The monoisotopic (exact) mass is 419 g/mol. The van der Waals surface area contributed by atoms with E-state index >= 15 is 0 Å². The van der Waals surface area contributed by atoms with Gasteiger partial charge < -0.3 is 9.88 Å². The molecule has 3 aromatic rings. The number of carbonyl (C=O) groups excluding carboxylic acids is 1. The molecule has 0 aliphatic heterocycles. The van der Waals surface area contributed by atoms with Crippen LogP contribution in [0.25, 0.3) is 10.2 Å². The van der Waals surface area contributed by atoms with E-state index in [9.17, 15) is 18.0 Å². The third-order valence-electron chi connectivity index (χ3n) is 4.40. The van der Waals surface area contributed by atoms with Crippen molar-refractivity contribution in [3.8, 4) is 0 Å². The van der Waals surface area contributed by atoms with Crippen molar-refractivity contribution in [2.24, 2.45) is 7.05 Å². The molecule has 0 radical (unpaired) electrons. The van der Waals surface area contributed by atoms with Crippen LogP contribution in [0.1, 0.15) is 11.1 Å². The van der Waals surface area contributed by atoms with Gasteiger partial charge in [-0.2, -0.15) is 0 Å². The Kier molecular flexibility index (Phi) is 5.31. The maximum Gasteiger partial charge on any atom is 0.307 e. The summed E-state index contributed by atoms with van der Waals surface area (Å²) in [7, 11) is -1.96. The average molecular weight is 420 g/mol. The van der Waals surface area contributed by atoms with E-state index in [2.05, 4.69) is 5.32 Å². The number of fused-ring (bicyclic) bond motifs is 1. The Morgan fingerprint density at radius 2 is 1.89 bits per heavy atom. The molecule has 0 bridgehead atoms. The molecule has 0 fully saturated rings. The first-order chi connectivity index (χ1) is 13.1. The van der Waals surface area contributed by atoms with E-state index in [4.69, 9.17) is 0 Å². The second-order valence-corrected chi connectivity index (χ2v) is 9.62. The Hall–Kier alpha value is -2.65. The van der Waals surface area contributed by atoms with Gasteiger partial charge in [-0.15, -0.1) is 0 Å². The lowest BCUT2D eigenvalue weighted by atomic mass is 10.1. The van der Waals surface area contributed by atoms with Crippen molar-refractivity contribution in [1.29, 1.82) is 0 Å². The summed E-state index contributed by atoms with van der Waals surface area (Å²) < 4.78 is 28.0. The molecule has 0 spiro atoms. The summed E-state index contributed by atoms with van der Waals surface area (Å²) >= 11 is 1.09. The Bertz CT molecular complexity index is 1230. The quantitative estimate of drug-likeness (QED) is 0.689. The van der Waals surface area contributed by atoms with E-state index in [0.717, 1.165) is 43.2 Å². The molecule has 7 nitrogen and oxygen atoms in total. The number of hydrogen-bond donors (Lipinski definition) is 1. The fourth-order valence-corrected chi connectivity index (χ4v) is 4.74. The minimum atomic E-state index is -3.65. The fourth-order valence-electron chi connectivity index (χ4n) is 2.91. The van der Waals surface area contributed by atoms with Crippen LogP contribution in [0.3, 0.4) is 0 Å². The zero-order valence-corrected chi connectivity index (χ0v) is 17.6. The van der Waals surface area contributed by atoms with Crippen LogP contribution in [0, 0.1) is 13.8 Å². The van der Waals surface area contributed by atoms with Crippen LogP contribution >= 0.6 is 11.3 Å². The number of sulfonamides is 1. The van der Waals surface area contributed by atoms with E-state index in [1.165, 1.54) is 4.57 Å². The maximum absolute atomic E-state index is 12.6. The first-order valence-electron chi connectivity index (χ1n) is 8.50. The molecular weight excluding hydrogens is 398 g/mol. The van der Waals surface area contributed by atoms with E-state index in [1.807, 2.05) is 19.1 Å². The van der Waals surface area contributed by atoms with Crippen LogP contribution in [0.15, 0.2) is 41.2 Å². The minimum absolute atomic E-state index is 0.0864. The Labute approximate surface area is 167 Å². The number of rotatable bonds is 5. The van der Waals surface area contributed by atoms with Gasteiger partial charge in [-0.1, -0.05) is 23.5 Å². The number of aromatic nitrogens is 1. The van der Waals surface area contributed by atoms with Gasteiger partial charge in [-0.3, -0.25) is 13.9 Å². The van der Waals surface area contributed by atoms with E-state index in [-0.39, 0.29) is 11.4 Å². The van der Waals surface area contributed by atoms with Crippen LogP contribution in [0.2, 0.25) is 0 Å². The number of carbonyl (C=O) groups is 1. The minimum Gasteiger partial charge on any atom is -0.324 e. The van der Waals surface area contributed by atoms with E-state index in [1.54, 1.807) is 38.2 Å². The van der Waals surface area contributed by atoms with Gasteiger partial charge in [-0.25, -0.2) is 8.42 Å². The Balaban J connectivity index is 1.87. The van der Waals surface area contributed by atoms with Crippen molar-refractivity contribution in [2.75, 3.05) is 22.4 Å². The summed E-state index contributed by atoms with van der Waals surface area (Å²) in [5.41, 5.74) is 3.43. The maximum atomic E-state index is 12.6. The lowest BCUT2D eigenvalue weighted by Crippen LogP contribution is -2.37. The highest BCUT2D eigenvalue weighted by Crippen LogP contribution is 2.25. The first-order valence-corrected chi connectivity index (χ1v) is 11.2. The van der Waals surface area contributed by atoms with Crippen LogP contribution < -0.4 is 14.5 Å². The first kappa shape index (κ1) is 20.1. The molecule has 148 valence electrons. The molecular formula is C19H21N3O4S2. The van der Waals surface area contributed by atoms with Crippen molar-refractivity contribution in [3.05, 3.63) is 57.2 Å². The summed E-state index contributed by atoms with van der Waals surface area (Å²) in [5, 5.41) is 2.72. The van der Waals surface area contributed by atoms with Gasteiger partial charge in [-0.05, 0) is 49.2 Å². The molecule has 0 saturated carbocycles. The third kappa shape index (κ3) is 4.10. The molecule has 28 heavy (non-hydrogen) atoms. The number of aryl methyl sites for hydroxylation is 3. The van der Waals surface area contributed by atoms with Gasteiger partial charge in [0.25, 0.3) is 0 Å². The summed E-state index contributed by atoms with van der Waals surface area (Å²) in [4.78, 5) is 24.2. The molecule has 1 N–H and O–H groups in total. The molecule has 3 rings (SSSR count). The van der Waals surface area contributed by atoms with Crippen molar-refractivity contribution in [3.63, 3.8) is 0 Å². The number of amides is 1. The lowest BCUT2D eigenvalue weighted by molar-refractivity contribution is -0.114. The molecule has 2 aromatic carbocycles. The molecule has 9 heteroatoms. The molecule has 0 atom stereocenters. The summed E-state index contributed by atoms with van der Waals surface area (Å²) in [6, 6.07) is 10.6. The molecule has 0 saturated heterocycles. The predicted molar refractivity (Wildman–Crippen MR) is 114 cm³/mol. The van der Waals surface area contributed by atoms with Crippen molar-refractivity contribution in [2.45, 2.75) is 13.8 Å². The number of nitrogens with zero attached hydrogens (tertiary/aromatic N) is 2. The van der Waals surface area contributed by atoms with E-state index < -0.39 is 15.9 Å². The molecule has 0 unspecified atom stereocenters. The van der Waals surface area contributed by atoms with Crippen LogP contribution in [-0.4, -0.2) is 31.7 Å². The highest BCUT2D eigenvalue weighted by atomic mass is 32.2. The highest BCUT2D eigenvalue weighted by Gasteiger charge is 2.22. The normalized spacial score (nSPS) is 11.6. The predicted octanol–water partition coefficient (Wildman–Crippen LogP) is 2.62. The zero-order valence-electron chi connectivity index (χ0n) is 16.0. The highest BCUT2D eigenvalue weighted by molar-refractivity contribution is 7.92. The van der Waals surface area contributed by atoms with Crippen LogP contribution in [0.5, 0.6) is 0 Å². The second-order valence-electron chi connectivity index (χ2n) is 6.72. The number of thiazole rings is 1. The molecule has 1 heterocycles. The number of benzene rings is 2.